The molecule has 1 unspecified atom stereocenters. The van der Waals surface area contributed by atoms with Gasteiger partial charge in [-0.05, 0) is 36.6 Å². The van der Waals surface area contributed by atoms with Crippen LogP contribution in [0.15, 0.2) is 35.1 Å². The first kappa shape index (κ1) is 24.2. The van der Waals surface area contributed by atoms with Gasteiger partial charge < -0.3 is 19.5 Å². The lowest BCUT2D eigenvalue weighted by molar-refractivity contribution is -0.138. The number of aromatic nitrogens is 1. The Labute approximate surface area is 192 Å². The van der Waals surface area contributed by atoms with Gasteiger partial charge in [-0.25, -0.2) is 4.98 Å². The molecule has 1 N–H and O–H groups in total. The number of carbonyl (C=O) groups is 2. The van der Waals surface area contributed by atoms with Crippen LogP contribution >= 0.6 is 23.4 Å². The molecule has 1 fully saturated rings. The first-order chi connectivity index (χ1) is 15.2. The zero-order valence-electron chi connectivity index (χ0n) is 17.2. The highest BCUT2D eigenvalue weighted by atomic mass is 35.5. The van der Waals surface area contributed by atoms with Crippen LogP contribution in [0.3, 0.4) is 0 Å². The predicted molar refractivity (Wildman–Crippen MR) is 116 cm³/mol. The first-order valence-electron chi connectivity index (χ1n) is 9.80. The second-order valence-electron chi connectivity index (χ2n) is 7.12. The predicted octanol–water partition coefficient (Wildman–Crippen LogP) is 3.55. The molecule has 0 radical (unpaired) electrons. The third-order valence-electron chi connectivity index (χ3n) is 5.00. The van der Waals surface area contributed by atoms with E-state index in [-0.39, 0.29) is 22.5 Å². The molecule has 7 nitrogen and oxygen atoms in total. The van der Waals surface area contributed by atoms with E-state index in [4.69, 9.17) is 16.0 Å². The van der Waals surface area contributed by atoms with E-state index in [9.17, 15) is 22.8 Å². The van der Waals surface area contributed by atoms with E-state index in [2.05, 4.69) is 10.3 Å². The molecule has 2 amide bonds. The van der Waals surface area contributed by atoms with Crippen molar-refractivity contribution >= 4 is 41.0 Å². The zero-order valence-corrected chi connectivity index (χ0v) is 18.8. The summed E-state index contributed by atoms with van der Waals surface area (Å²) in [5, 5.41) is 2.64. The highest BCUT2D eigenvalue weighted by molar-refractivity contribution is 7.98. The number of anilines is 1. The minimum Gasteiger partial charge on any atom is -0.459 e. The van der Waals surface area contributed by atoms with Crippen LogP contribution in [-0.2, 0) is 11.0 Å². The molecule has 0 aliphatic carbocycles. The average molecular weight is 491 g/mol. The SMILES string of the molecule is CSCCC(NC(=O)c1ccco1)C(=O)N1CCN(c2ncc(C(F)(F)F)cc2Cl)CC1. The Morgan fingerprint density at radius 1 is 1.31 bits per heavy atom. The summed E-state index contributed by atoms with van der Waals surface area (Å²) in [5.41, 5.74) is -0.913. The number of alkyl halides is 3. The number of amides is 2. The number of piperazine rings is 1. The first-order valence-corrected chi connectivity index (χ1v) is 11.6. The molecule has 1 saturated heterocycles. The monoisotopic (exact) mass is 490 g/mol. The number of thioether (sulfide) groups is 1. The van der Waals surface area contributed by atoms with Gasteiger partial charge >= 0.3 is 6.18 Å². The number of nitrogens with zero attached hydrogens (tertiary/aromatic N) is 3. The second-order valence-corrected chi connectivity index (χ2v) is 8.52. The van der Waals surface area contributed by atoms with E-state index in [1.807, 2.05) is 6.26 Å². The molecule has 3 rings (SSSR count). The highest BCUT2D eigenvalue weighted by Gasteiger charge is 2.33. The Morgan fingerprint density at radius 3 is 2.59 bits per heavy atom. The van der Waals surface area contributed by atoms with Crippen molar-refractivity contribution in [2.24, 2.45) is 0 Å². The second kappa shape index (κ2) is 10.5. The lowest BCUT2D eigenvalue weighted by Crippen LogP contribution is -2.55. The van der Waals surface area contributed by atoms with Crippen LogP contribution in [0, 0.1) is 0 Å². The standard InChI is InChI=1S/C20H22ClF3N4O3S/c1-32-10-4-15(26-18(29)16-3-2-9-31-16)19(30)28-7-5-27(6-8-28)17-14(21)11-13(12-25-17)20(22,23)24/h2-3,9,11-12,15H,4-8,10H2,1H3,(H,26,29). The summed E-state index contributed by atoms with van der Waals surface area (Å²) in [7, 11) is 0. The summed E-state index contributed by atoms with van der Waals surface area (Å²) in [6.45, 7) is 1.35. The summed E-state index contributed by atoms with van der Waals surface area (Å²) >= 11 is 7.60. The molecule has 32 heavy (non-hydrogen) atoms. The minimum atomic E-state index is -4.52. The maximum absolute atomic E-state index is 13.1. The van der Waals surface area contributed by atoms with Crippen molar-refractivity contribution < 1.29 is 27.2 Å². The van der Waals surface area contributed by atoms with Crippen molar-refractivity contribution in [2.75, 3.05) is 43.1 Å². The Hall–Kier alpha value is -2.40. The quantitative estimate of drug-likeness (QED) is 0.639. The molecule has 0 aromatic carbocycles. The summed E-state index contributed by atoms with van der Waals surface area (Å²) in [6, 6.07) is 3.25. The number of halogens is 4. The van der Waals surface area contributed by atoms with Gasteiger partial charge in [-0.3, -0.25) is 9.59 Å². The van der Waals surface area contributed by atoms with Gasteiger partial charge in [-0.1, -0.05) is 11.6 Å². The van der Waals surface area contributed by atoms with Crippen LogP contribution in [-0.4, -0.2) is 65.9 Å². The summed E-state index contributed by atoms with van der Waals surface area (Å²) in [6.07, 6.45) is -0.0187. The molecule has 1 atom stereocenters. The molecule has 12 heteroatoms. The third-order valence-corrected chi connectivity index (χ3v) is 5.92. The van der Waals surface area contributed by atoms with E-state index in [0.717, 1.165) is 12.3 Å². The van der Waals surface area contributed by atoms with E-state index < -0.39 is 23.7 Å². The van der Waals surface area contributed by atoms with Crippen molar-refractivity contribution in [3.63, 3.8) is 0 Å². The number of hydrogen-bond donors (Lipinski definition) is 1. The molecule has 0 spiro atoms. The van der Waals surface area contributed by atoms with Crippen molar-refractivity contribution in [1.82, 2.24) is 15.2 Å². The molecule has 0 bridgehead atoms. The van der Waals surface area contributed by atoms with Crippen molar-refractivity contribution in [1.29, 1.82) is 0 Å². The maximum atomic E-state index is 13.1. The van der Waals surface area contributed by atoms with E-state index in [0.29, 0.717) is 38.4 Å². The van der Waals surface area contributed by atoms with Gasteiger partial charge in [-0.2, -0.15) is 24.9 Å². The fourth-order valence-electron chi connectivity index (χ4n) is 3.31. The minimum absolute atomic E-state index is 0.0943. The van der Waals surface area contributed by atoms with Gasteiger partial charge in [-0.15, -0.1) is 0 Å². The number of pyridine rings is 1. The molecule has 3 heterocycles. The van der Waals surface area contributed by atoms with Gasteiger partial charge in [0.15, 0.2) is 5.76 Å². The normalized spacial score (nSPS) is 15.5. The number of nitrogens with one attached hydrogen (secondary N) is 1. The fourth-order valence-corrected chi connectivity index (χ4v) is 4.06. The lowest BCUT2D eigenvalue weighted by Gasteiger charge is -2.37. The number of carbonyl (C=O) groups excluding carboxylic acids is 2. The number of furan rings is 1. The van der Waals surface area contributed by atoms with Crippen LogP contribution in [0.5, 0.6) is 0 Å². The summed E-state index contributed by atoms with van der Waals surface area (Å²) in [5.74, 6) is 0.371. The average Bonchev–Trinajstić information content (AvgIpc) is 3.30. The molecule has 0 saturated carbocycles. The van der Waals surface area contributed by atoms with Crippen molar-refractivity contribution in [3.05, 3.63) is 47.0 Å². The van der Waals surface area contributed by atoms with Crippen LogP contribution in [0.2, 0.25) is 5.02 Å². The van der Waals surface area contributed by atoms with Crippen molar-refractivity contribution in [3.8, 4) is 0 Å². The Kier molecular flexibility index (Phi) is 7.94. The molecule has 174 valence electrons. The number of rotatable bonds is 7. The van der Waals surface area contributed by atoms with Gasteiger partial charge in [0.25, 0.3) is 5.91 Å². The zero-order chi connectivity index (χ0) is 23.3. The van der Waals surface area contributed by atoms with Crippen LogP contribution < -0.4 is 10.2 Å². The number of hydrogen-bond acceptors (Lipinski definition) is 6. The van der Waals surface area contributed by atoms with Gasteiger partial charge in [0.2, 0.25) is 5.91 Å². The maximum Gasteiger partial charge on any atom is 0.417 e. The van der Waals surface area contributed by atoms with Crippen molar-refractivity contribution in [2.45, 2.75) is 18.6 Å². The molecular formula is C20H22ClF3N4O3S. The lowest BCUT2D eigenvalue weighted by atomic mass is 10.1. The van der Waals surface area contributed by atoms with Crippen LogP contribution in [0.1, 0.15) is 22.5 Å². The molecule has 2 aromatic heterocycles. The molecule has 2 aromatic rings. The Morgan fingerprint density at radius 2 is 2.03 bits per heavy atom. The van der Waals surface area contributed by atoms with E-state index >= 15 is 0 Å². The topological polar surface area (TPSA) is 78.7 Å². The van der Waals surface area contributed by atoms with Gasteiger partial charge in [0, 0.05) is 32.4 Å². The fraction of sp³-hybridized carbons (Fsp3) is 0.450. The summed E-state index contributed by atoms with van der Waals surface area (Å²) in [4.78, 5) is 32.7. The smallest absolute Gasteiger partial charge is 0.417 e. The third kappa shape index (κ3) is 5.89. The van der Waals surface area contributed by atoms with E-state index in [1.54, 1.807) is 27.6 Å². The molecule has 1 aliphatic heterocycles. The van der Waals surface area contributed by atoms with Crippen LogP contribution in [0.25, 0.3) is 0 Å². The Balaban J connectivity index is 1.63. The van der Waals surface area contributed by atoms with Gasteiger partial charge in [0.1, 0.15) is 11.9 Å². The van der Waals surface area contributed by atoms with E-state index in [1.165, 1.54) is 12.3 Å². The molecular weight excluding hydrogens is 469 g/mol. The largest absolute Gasteiger partial charge is 0.459 e. The molecule has 1 aliphatic rings. The highest BCUT2D eigenvalue weighted by Crippen LogP contribution is 2.33. The van der Waals surface area contributed by atoms with Gasteiger partial charge in [0.05, 0.1) is 16.8 Å². The van der Waals surface area contributed by atoms with Crippen LogP contribution in [0.4, 0.5) is 19.0 Å². The summed E-state index contributed by atoms with van der Waals surface area (Å²) < 4.78 is 43.6. The Bertz CT molecular complexity index is 935.